The van der Waals surface area contributed by atoms with Crippen LogP contribution in [-0.2, 0) is 0 Å². The third kappa shape index (κ3) is 4.07. The Morgan fingerprint density at radius 2 is 2.20 bits per heavy atom. The summed E-state index contributed by atoms with van der Waals surface area (Å²) in [5.41, 5.74) is 2.45. The summed E-state index contributed by atoms with van der Waals surface area (Å²) in [7, 11) is 4.14. The highest BCUT2D eigenvalue weighted by Crippen LogP contribution is 2.21. The predicted molar refractivity (Wildman–Crippen MR) is 84.9 cm³/mol. The highest BCUT2D eigenvalue weighted by Gasteiger charge is 2.13. The van der Waals surface area contributed by atoms with Crippen molar-refractivity contribution >= 4 is 5.71 Å². The van der Waals surface area contributed by atoms with Gasteiger partial charge in [0, 0.05) is 18.3 Å². The maximum Gasteiger partial charge on any atom is 0.120 e. The fourth-order valence-corrected chi connectivity index (χ4v) is 2.19. The summed E-state index contributed by atoms with van der Waals surface area (Å²) < 4.78 is 5.89. The van der Waals surface area contributed by atoms with Crippen LogP contribution in [0, 0.1) is 5.92 Å². The van der Waals surface area contributed by atoms with Crippen molar-refractivity contribution in [2.75, 3.05) is 27.2 Å². The molecule has 2 unspecified atom stereocenters. The lowest BCUT2D eigenvalue weighted by Gasteiger charge is -2.21. The Bertz CT molecular complexity index is 468. The fraction of sp³-hybridized carbons (Fsp3) is 0.588. The second kappa shape index (κ2) is 6.89. The molecule has 0 N–H and O–H groups in total. The summed E-state index contributed by atoms with van der Waals surface area (Å²) in [6.45, 7) is 6.09. The van der Waals surface area contributed by atoms with E-state index < -0.39 is 0 Å². The largest absolute Gasteiger partial charge is 0.492 e. The molecule has 0 aromatic heterocycles. The highest BCUT2D eigenvalue weighted by molar-refractivity contribution is 6.01. The Balaban J connectivity index is 2.01. The third-order valence-corrected chi connectivity index (χ3v) is 4.01. The Morgan fingerprint density at radius 1 is 1.40 bits per heavy atom. The van der Waals surface area contributed by atoms with Gasteiger partial charge in [0.25, 0.3) is 0 Å². The molecule has 3 nitrogen and oxygen atoms in total. The molecule has 3 heteroatoms. The van der Waals surface area contributed by atoms with E-state index in [1.807, 2.05) is 6.07 Å². The van der Waals surface area contributed by atoms with Crippen LogP contribution in [0.5, 0.6) is 5.75 Å². The van der Waals surface area contributed by atoms with Crippen molar-refractivity contribution < 1.29 is 4.74 Å². The number of nitrogens with zero attached hydrogens (tertiary/aromatic N) is 2. The number of likely N-dealkylation sites (N-methyl/N-ethyl adjacent to an activating group) is 1. The van der Waals surface area contributed by atoms with Gasteiger partial charge in [-0.1, -0.05) is 19.1 Å². The van der Waals surface area contributed by atoms with E-state index in [1.165, 1.54) is 17.7 Å². The molecule has 1 aliphatic rings. The zero-order valence-electron chi connectivity index (χ0n) is 13.1. The summed E-state index contributed by atoms with van der Waals surface area (Å²) >= 11 is 0. The molecule has 1 aromatic rings. The molecule has 0 radical (unpaired) electrons. The monoisotopic (exact) mass is 274 g/mol. The Hall–Kier alpha value is -1.35. The van der Waals surface area contributed by atoms with Gasteiger partial charge >= 0.3 is 0 Å². The van der Waals surface area contributed by atoms with E-state index in [-0.39, 0.29) is 0 Å². The Kier molecular flexibility index (Phi) is 5.18. The maximum atomic E-state index is 5.89. The molecule has 0 bridgehead atoms. The lowest BCUT2D eigenvalue weighted by atomic mass is 9.96. The number of hydrogen-bond donors (Lipinski definition) is 0. The summed E-state index contributed by atoms with van der Waals surface area (Å²) in [5.74, 6) is 1.66. The van der Waals surface area contributed by atoms with Crippen molar-refractivity contribution in [3.63, 3.8) is 0 Å². The average molecular weight is 274 g/mol. The Morgan fingerprint density at radius 3 is 2.85 bits per heavy atom. The number of ether oxygens (including phenoxy) is 1. The van der Waals surface area contributed by atoms with Gasteiger partial charge in [-0.25, -0.2) is 0 Å². The van der Waals surface area contributed by atoms with Crippen molar-refractivity contribution in [2.45, 2.75) is 32.7 Å². The SMILES string of the molecule is CC1CCC(c2cccc(OCC(C)N(C)C)c2)=NC1. The molecule has 0 amide bonds. The van der Waals surface area contributed by atoms with Crippen molar-refractivity contribution in [2.24, 2.45) is 10.9 Å². The van der Waals surface area contributed by atoms with Gasteiger partial charge in [-0.05, 0) is 57.5 Å². The molecule has 1 heterocycles. The van der Waals surface area contributed by atoms with Crippen LogP contribution in [0.1, 0.15) is 32.3 Å². The first kappa shape index (κ1) is 15.0. The van der Waals surface area contributed by atoms with Crippen LogP contribution in [0.25, 0.3) is 0 Å². The van der Waals surface area contributed by atoms with Gasteiger partial charge in [-0.15, -0.1) is 0 Å². The lowest BCUT2D eigenvalue weighted by Crippen LogP contribution is -2.30. The van der Waals surface area contributed by atoms with Crippen molar-refractivity contribution in [3.8, 4) is 5.75 Å². The van der Waals surface area contributed by atoms with Crippen LogP contribution in [0.2, 0.25) is 0 Å². The second-order valence-corrected chi connectivity index (χ2v) is 6.08. The molecule has 0 saturated carbocycles. The van der Waals surface area contributed by atoms with Crippen LogP contribution in [-0.4, -0.2) is 43.9 Å². The first-order valence-electron chi connectivity index (χ1n) is 7.49. The van der Waals surface area contributed by atoms with Gasteiger partial charge in [0.05, 0.1) is 0 Å². The van der Waals surface area contributed by atoms with Crippen LogP contribution in [0.3, 0.4) is 0 Å². The van der Waals surface area contributed by atoms with E-state index in [0.717, 1.165) is 24.6 Å². The van der Waals surface area contributed by atoms with E-state index in [4.69, 9.17) is 9.73 Å². The van der Waals surface area contributed by atoms with E-state index in [9.17, 15) is 0 Å². The topological polar surface area (TPSA) is 24.8 Å². The molecule has 0 spiro atoms. The number of benzene rings is 1. The normalized spacial score (nSPS) is 20.6. The fourth-order valence-electron chi connectivity index (χ4n) is 2.19. The highest BCUT2D eigenvalue weighted by atomic mass is 16.5. The van der Waals surface area contributed by atoms with E-state index in [2.05, 4.69) is 51.0 Å². The van der Waals surface area contributed by atoms with Gasteiger partial charge in [0.15, 0.2) is 0 Å². The second-order valence-electron chi connectivity index (χ2n) is 6.08. The maximum absolute atomic E-state index is 5.89. The summed E-state index contributed by atoms with van der Waals surface area (Å²) in [6.07, 6.45) is 2.32. The summed E-state index contributed by atoms with van der Waals surface area (Å²) in [5, 5.41) is 0. The van der Waals surface area contributed by atoms with E-state index in [1.54, 1.807) is 0 Å². The first-order valence-corrected chi connectivity index (χ1v) is 7.49. The van der Waals surface area contributed by atoms with E-state index >= 15 is 0 Å². The van der Waals surface area contributed by atoms with Crippen LogP contribution < -0.4 is 4.74 Å². The molecule has 20 heavy (non-hydrogen) atoms. The van der Waals surface area contributed by atoms with Gasteiger partial charge in [-0.3, -0.25) is 4.99 Å². The van der Waals surface area contributed by atoms with Crippen LogP contribution in [0.15, 0.2) is 29.3 Å². The van der Waals surface area contributed by atoms with Gasteiger partial charge in [0.1, 0.15) is 12.4 Å². The van der Waals surface area contributed by atoms with Crippen molar-refractivity contribution in [1.82, 2.24) is 4.90 Å². The van der Waals surface area contributed by atoms with Gasteiger partial charge in [-0.2, -0.15) is 0 Å². The number of aliphatic imine (C=N–C) groups is 1. The molecular formula is C17H26N2O. The first-order chi connectivity index (χ1) is 9.56. The van der Waals surface area contributed by atoms with Crippen LogP contribution >= 0.6 is 0 Å². The van der Waals surface area contributed by atoms with Crippen molar-refractivity contribution in [1.29, 1.82) is 0 Å². The third-order valence-electron chi connectivity index (χ3n) is 4.01. The zero-order valence-corrected chi connectivity index (χ0v) is 13.1. The minimum Gasteiger partial charge on any atom is -0.492 e. The minimum absolute atomic E-state index is 0.409. The van der Waals surface area contributed by atoms with Gasteiger partial charge < -0.3 is 9.64 Å². The predicted octanol–water partition coefficient (Wildman–Crippen LogP) is 3.23. The number of rotatable bonds is 5. The molecule has 1 aromatic carbocycles. The molecule has 1 aliphatic heterocycles. The average Bonchev–Trinajstić information content (AvgIpc) is 2.45. The zero-order chi connectivity index (χ0) is 14.5. The van der Waals surface area contributed by atoms with Crippen LogP contribution in [0.4, 0.5) is 0 Å². The molecule has 0 fully saturated rings. The van der Waals surface area contributed by atoms with E-state index in [0.29, 0.717) is 12.6 Å². The smallest absolute Gasteiger partial charge is 0.120 e. The number of hydrogen-bond acceptors (Lipinski definition) is 3. The molecular weight excluding hydrogens is 248 g/mol. The summed E-state index contributed by atoms with van der Waals surface area (Å²) in [4.78, 5) is 6.86. The quantitative estimate of drug-likeness (QED) is 0.823. The summed E-state index contributed by atoms with van der Waals surface area (Å²) in [6, 6.07) is 8.75. The molecule has 0 aliphatic carbocycles. The molecule has 2 rings (SSSR count). The lowest BCUT2D eigenvalue weighted by molar-refractivity contribution is 0.198. The molecule has 0 saturated heterocycles. The standard InChI is InChI=1S/C17H26N2O/c1-13-8-9-17(18-11-13)15-6-5-7-16(10-15)20-12-14(2)19(3)4/h5-7,10,13-14H,8-9,11-12H2,1-4H3. The minimum atomic E-state index is 0.409. The molecule has 2 atom stereocenters. The van der Waals surface area contributed by atoms with Gasteiger partial charge in [0.2, 0.25) is 0 Å². The molecule has 110 valence electrons. The van der Waals surface area contributed by atoms with Crippen molar-refractivity contribution in [3.05, 3.63) is 29.8 Å². The Labute approximate surface area is 122 Å².